The summed E-state index contributed by atoms with van der Waals surface area (Å²) in [6.45, 7) is 0. The molecule has 0 radical (unpaired) electrons. The Labute approximate surface area is 131 Å². The summed E-state index contributed by atoms with van der Waals surface area (Å²) >= 11 is 14.9. The third-order valence-electron chi connectivity index (χ3n) is 2.30. The minimum absolute atomic E-state index is 0.0135. The quantitative estimate of drug-likeness (QED) is 0.514. The van der Waals surface area contributed by atoms with Gasteiger partial charge in [-0.3, -0.25) is 10.1 Å². The summed E-state index contributed by atoms with van der Waals surface area (Å²) in [5.41, 5.74) is -0.245. The van der Waals surface area contributed by atoms with Gasteiger partial charge in [-0.05, 0) is 34.1 Å². The fourth-order valence-electron chi connectivity index (χ4n) is 1.42. The normalized spacial score (nSPS) is 10.4. The van der Waals surface area contributed by atoms with Gasteiger partial charge in [0.25, 0.3) is 5.69 Å². The lowest BCUT2D eigenvalue weighted by molar-refractivity contribution is -0.384. The number of halogens is 4. The molecule has 0 aliphatic heterocycles. The van der Waals surface area contributed by atoms with Gasteiger partial charge in [0.2, 0.25) is 0 Å². The monoisotopic (exact) mass is 379 g/mol. The van der Waals surface area contributed by atoms with Gasteiger partial charge in [0.1, 0.15) is 11.6 Å². The largest absolute Gasteiger partial charge is 0.453 e. The molecule has 0 unspecified atom stereocenters. The van der Waals surface area contributed by atoms with Gasteiger partial charge in [-0.25, -0.2) is 4.39 Å². The topological polar surface area (TPSA) is 52.4 Å². The first-order chi connectivity index (χ1) is 9.38. The van der Waals surface area contributed by atoms with Crippen molar-refractivity contribution in [3.8, 4) is 11.5 Å². The van der Waals surface area contributed by atoms with E-state index >= 15 is 0 Å². The van der Waals surface area contributed by atoms with E-state index in [4.69, 9.17) is 27.9 Å². The zero-order chi connectivity index (χ0) is 14.9. The zero-order valence-corrected chi connectivity index (χ0v) is 12.7. The van der Waals surface area contributed by atoms with Gasteiger partial charge in [-0.1, -0.05) is 23.2 Å². The van der Waals surface area contributed by atoms with Crippen molar-refractivity contribution in [3.05, 3.63) is 60.8 Å². The third-order valence-corrected chi connectivity index (χ3v) is 3.48. The van der Waals surface area contributed by atoms with Crippen LogP contribution in [0.25, 0.3) is 0 Å². The summed E-state index contributed by atoms with van der Waals surface area (Å²) in [5, 5.41) is 10.6. The predicted octanol–water partition coefficient (Wildman–Crippen LogP) is 5.60. The molecule has 20 heavy (non-hydrogen) atoms. The lowest BCUT2D eigenvalue weighted by atomic mass is 10.3. The SMILES string of the molecule is O=[N+]([O-])c1cc(Cl)c(Oc2ccc(F)cc2Br)c(Cl)c1. The van der Waals surface area contributed by atoms with E-state index < -0.39 is 10.7 Å². The van der Waals surface area contributed by atoms with Crippen molar-refractivity contribution in [2.24, 2.45) is 0 Å². The Bertz CT molecular complexity index is 673. The first-order valence-electron chi connectivity index (χ1n) is 5.15. The van der Waals surface area contributed by atoms with E-state index in [1.165, 1.54) is 18.2 Å². The van der Waals surface area contributed by atoms with Crippen LogP contribution in [0.1, 0.15) is 0 Å². The summed E-state index contributed by atoms with van der Waals surface area (Å²) in [7, 11) is 0. The average Bonchev–Trinajstić information content (AvgIpc) is 2.35. The number of nitro benzene ring substituents is 1. The standard InChI is InChI=1S/C12H5BrCl2FNO3/c13-8-3-6(16)1-2-11(8)20-12-9(14)4-7(17(18)19)5-10(12)15/h1-5H. The molecule has 0 heterocycles. The van der Waals surface area contributed by atoms with E-state index in [1.807, 2.05) is 0 Å². The molecule has 2 aromatic carbocycles. The van der Waals surface area contributed by atoms with Crippen molar-refractivity contribution in [3.63, 3.8) is 0 Å². The second kappa shape index (κ2) is 5.95. The number of hydrogen-bond donors (Lipinski definition) is 0. The summed E-state index contributed by atoms with van der Waals surface area (Å²) in [6.07, 6.45) is 0. The first-order valence-corrected chi connectivity index (χ1v) is 6.69. The molecular weight excluding hydrogens is 376 g/mol. The summed E-state index contributed by atoms with van der Waals surface area (Å²) in [5.74, 6) is -0.0968. The maximum absolute atomic E-state index is 13.0. The Balaban J connectivity index is 2.41. The number of ether oxygens (including phenoxy) is 1. The third kappa shape index (κ3) is 3.20. The summed E-state index contributed by atoms with van der Waals surface area (Å²) in [6, 6.07) is 6.05. The number of hydrogen-bond acceptors (Lipinski definition) is 3. The van der Waals surface area contributed by atoms with E-state index in [-0.39, 0.29) is 27.2 Å². The minimum atomic E-state index is -0.616. The molecule has 0 N–H and O–H groups in total. The van der Waals surface area contributed by atoms with Gasteiger partial charge in [0, 0.05) is 12.1 Å². The Kier molecular flexibility index (Phi) is 4.47. The molecule has 0 saturated heterocycles. The molecule has 0 aromatic heterocycles. The molecular formula is C12H5BrCl2FNO3. The van der Waals surface area contributed by atoms with E-state index in [0.29, 0.717) is 4.47 Å². The number of benzene rings is 2. The van der Waals surface area contributed by atoms with Gasteiger partial charge in [0.05, 0.1) is 19.4 Å². The molecule has 4 nitrogen and oxygen atoms in total. The Hall–Kier alpha value is -1.37. The molecule has 8 heteroatoms. The molecule has 0 bridgehead atoms. The summed E-state index contributed by atoms with van der Waals surface area (Å²) < 4.78 is 18.8. The molecule has 2 aromatic rings. The highest BCUT2D eigenvalue weighted by Crippen LogP contribution is 2.41. The van der Waals surface area contributed by atoms with E-state index in [2.05, 4.69) is 15.9 Å². The van der Waals surface area contributed by atoms with Gasteiger partial charge in [0.15, 0.2) is 5.75 Å². The maximum Gasteiger partial charge on any atom is 0.272 e. The van der Waals surface area contributed by atoms with Gasteiger partial charge < -0.3 is 4.74 Å². The summed E-state index contributed by atoms with van der Waals surface area (Å²) in [4.78, 5) is 10.0. The van der Waals surface area contributed by atoms with Crippen LogP contribution < -0.4 is 4.74 Å². The van der Waals surface area contributed by atoms with Gasteiger partial charge in [-0.15, -0.1) is 0 Å². The molecule has 104 valence electrons. The van der Waals surface area contributed by atoms with Crippen LogP contribution in [0, 0.1) is 15.9 Å². The van der Waals surface area contributed by atoms with Crippen LogP contribution in [0.4, 0.5) is 10.1 Å². The smallest absolute Gasteiger partial charge is 0.272 e. The van der Waals surface area contributed by atoms with Crippen molar-refractivity contribution in [2.75, 3.05) is 0 Å². The Morgan fingerprint density at radius 1 is 1.20 bits per heavy atom. The number of rotatable bonds is 3. The second-order valence-corrected chi connectivity index (χ2v) is 5.34. The molecule has 0 saturated carbocycles. The van der Waals surface area contributed by atoms with Crippen LogP contribution in [0.2, 0.25) is 10.0 Å². The van der Waals surface area contributed by atoms with Crippen molar-refractivity contribution in [2.45, 2.75) is 0 Å². The number of nitro groups is 1. The zero-order valence-electron chi connectivity index (χ0n) is 9.57. The molecule has 0 aliphatic carbocycles. The van der Waals surface area contributed by atoms with E-state index in [1.54, 1.807) is 0 Å². The Morgan fingerprint density at radius 2 is 1.80 bits per heavy atom. The molecule has 0 spiro atoms. The van der Waals surface area contributed by atoms with Crippen LogP contribution in [0.3, 0.4) is 0 Å². The Morgan fingerprint density at radius 3 is 2.30 bits per heavy atom. The molecule has 0 atom stereocenters. The fourth-order valence-corrected chi connectivity index (χ4v) is 2.40. The number of non-ortho nitro benzene ring substituents is 1. The molecule has 2 rings (SSSR count). The van der Waals surface area contributed by atoms with Gasteiger partial charge >= 0.3 is 0 Å². The highest BCUT2D eigenvalue weighted by atomic mass is 79.9. The van der Waals surface area contributed by atoms with Crippen LogP contribution in [-0.4, -0.2) is 4.92 Å². The van der Waals surface area contributed by atoms with Crippen molar-refractivity contribution in [1.82, 2.24) is 0 Å². The number of nitrogens with zero attached hydrogens (tertiary/aromatic N) is 1. The lowest BCUT2D eigenvalue weighted by Gasteiger charge is -2.10. The van der Waals surface area contributed by atoms with E-state index in [9.17, 15) is 14.5 Å². The molecule has 0 amide bonds. The van der Waals surface area contributed by atoms with Crippen molar-refractivity contribution in [1.29, 1.82) is 0 Å². The lowest BCUT2D eigenvalue weighted by Crippen LogP contribution is -1.92. The molecule has 0 aliphatic rings. The highest BCUT2D eigenvalue weighted by Gasteiger charge is 2.17. The van der Waals surface area contributed by atoms with Crippen LogP contribution >= 0.6 is 39.1 Å². The average molecular weight is 381 g/mol. The van der Waals surface area contributed by atoms with Crippen LogP contribution in [0.5, 0.6) is 11.5 Å². The van der Waals surface area contributed by atoms with Gasteiger partial charge in [-0.2, -0.15) is 0 Å². The first kappa shape index (κ1) is 15.0. The van der Waals surface area contributed by atoms with Crippen molar-refractivity contribution >= 4 is 44.8 Å². The molecule has 0 fully saturated rings. The van der Waals surface area contributed by atoms with Crippen LogP contribution in [0.15, 0.2) is 34.8 Å². The van der Waals surface area contributed by atoms with E-state index in [0.717, 1.165) is 12.1 Å². The van der Waals surface area contributed by atoms with Crippen LogP contribution in [-0.2, 0) is 0 Å². The highest BCUT2D eigenvalue weighted by molar-refractivity contribution is 9.10. The maximum atomic E-state index is 13.0. The second-order valence-electron chi connectivity index (χ2n) is 3.67. The predicted molar refractivity (Wildman–Crippen MR) is 77.3 cm³/mol. The fraction of sp³-hybridized carbons (Fsp3) is 0. The van der Waals surface area contributed by atoms with Crippen molar-refractivity contribution < 1.29 is 14.1 Å². The minimum Gasteiger partial charge on any atom is -0.453 e.